The minimum absolute atomic E-state index is 0.455. The van der Waals surface area contributed by atoms with Gasteiger partial charge in [0, 0.05) is 22.3 Å². The normalized spacial score (nSPS) is 11.1. The zero-order valence-electron chi connectivity index (χ0n) is 10.9. The molecule has 19 heavy (non-hydrogen) atoms. The van der Waals surface area contributed by atoms with E-state index in [2.05, 4.69) is 36.1 Å². The lowest BCUT2D eigenvalue weighted by Gasteiger charge is -2.12. The number of hydrogen-bond acceptors (Lipinski definition) is 2. The molecule has 2 heterocycles. The van der Waals surface area contributed by atoms with Crippen LogP contribution in [0.5, 0.6) is 0 Å². The Labute approximate surface area is 116 Å². The van der Waals surface area contributed by atoms with Gasteiger partial charge >= 0.3 is 0 Å². The second-order valence-electron chi connectivity index (χ2n) is 4.64. The second kappa shape index (κ2) is 4.67. The summed E-state index contributed by atoms with van der Waals surface area (Å²) in [5, 5.41) is 1.51. The Bertz CT molecular complexity index is 707. The first-order valence-corrected chi connectivity index (χ1v) is 6.59. The van der Waals surface area contributed by atoms with Crippen LogP contribution >= 0.6 is 11.6 Å². The number of furan rings is 1. The van der Waals surface area contributed by atoms with E-state index in [0.29, 0.717) is 11.8 Å². The molecule has 0 aliphatic heterocycles. The molecule has 0 radical (unpaired) electrons. The summed E-state index contributed by atoms with van der Waals surface area (Å²) in [6, 6.07) is 12.0. The summed E-state index contributed by atoms with van der Waals surface area (Å²) in [5.74, 6) is 0. The predicted octanol–water partition coefficient (Wildman–Crippen LogP) is 4.25. The van der Waals surface area contributed by atoms with E-state index >= 15 is 0 Å². The molecule has 3 aromatic rings. The zero-order valence-corrected chi connectivity index (χ0v) is 11.7. The van der Waals surface area contributed by atoms with Gasteiger partial charge in [0.1, 0.15) is 5.58 Å². The van der Waals surface area contributed by atoms with Crippen LogP contribution < -0.4 is 5.43 Å². The van der Waals surface area contributed by atoms with E-state index in [1.165, 1.54) is 11.4 Å². The summed E-state index contributed by atoms with van der Waals surface area (Å²) in [6.45, 7) is 4.76. The number of halogens is 1. The second-order valence-corrected chi connectivity index (χ2v) is 4.98. The quantitative estimate of drug-likeness (QED) is 0.774. The number of benzene rings is 1. The highest BCUT2D eigenvalue weighted by molar-refractivity contribution is 6.30. The highest BCUT2D eigenvalue weighted by Gasteiger charge is 2.12. The first kappa shape index (κ1) is 12.2. The molecule has 0 bridgehead atoms. The molecule has 3 rings (SSSR count). The van der Waals surface area contributed by atoms with Crippen molar-refractivity contribution in [2.24, 2.45) is 0 Å². The number of para-hydroxylation sites is 1. The van der Waals surface area contributed by atoms with Crippen molar-refractivity contribution in [2.45, 2.75) is 20.4 Å². The van der Waals surface area contributed by atoms with Gasteiger partial charge in [-0.1, -0.05) is 18.2 Å². The van der Waals surface area contributed by atoms with Crippen molar-refractivity contribution in [3.8, 4) is 0 Å². The average molecular weight is 275 g/mol. The summed E-state index contributed by atoms with van der Waals surface area (Å²) in [5.41, 5.74) is 7.52. The van der Waals surface area contributed by atoms with Gasteiger partial charge in [-0.3, -0.25) is 4.68 Å². The number of aryl methyl sites for hydroxylation is 2. The van der Waals surface area contributed by atoms with Gasteiger partial charge < -0.3 is 9.84 Å². The van der Waals surface area contributed by atoms with Crippen molar-refractivity contribution < 1.29 is 4.42 Å². The van der Waals surface area contributed by atoms with Gasteiger partial charge in [-0.2, -0.15) is 0 Å². The van der Waals surface area contributed by atoms with Crippen molar-refractivity contribution >= 4 is 22.6 Å². The molecule has 98 valence electrons. The number of fused-ring (bicyclic) bond motifs is 1. The Balaban J connectivity index is 1.92. The van der Waals surface area contributed by atoms with Crippen LogP contribution in [0.4, 0.5) is 0 Å². The third-order valence-corrected chi connectivity index (χ3v) is 3.64. The maximum atomic E-state index is 6.17. The molecule has 0 saturated heterocycles. The SMILES string of the molecule is Cc1ccc(C)n1NCc1c(Cl)oc2ccccc12. The van der Waals surface area contributed by atoms with Crippen LogP contribution in [0.15, 0.2) is 40.8 Å². The monoisotopic (exact) mass is 274 g/mol. The van der Waals surface area contributed by atoms with Crippen molar-refractivity contribution in [3.63, 3.8) is 0 Å². The molecule has 0 spiro atoms. The molecule has 0 unspecified atom stereocenters. The van der Waals surface area contributed by atoms with E-state index in [-0.39, 0.29) is 0 Å². The number of aromatic nitrogens is 1. The number of nitrogens with zero attached hydrogens (tertiary/aromatic N) is 1. The third-order valence-electron chi connectivity index (χ3n) is 3.33. The fourth-order valence-corrected chi connectivity index (χ4v) is 2.56. The molecule has 0 aliphatic rings. The molecule has 1 N–H and O–H groups in total. The molecular weight excluding hydrogens is 260 g/mol. The van der Waals surface area contributed by atoms with Gasteiger partial charge in [0.2, 0.25) is 0 Å². The summed E-state index contributed by atoms with van der Waals surface area (Å²) >= 11 is 6.17. The molecule has 0 amide bonds. The minimum atomic E-state index is 0.455. The van der Waals surface area contributed by atoms with E-state index in [1.54, 1.807) is 0 Å². The Kier molecular flexibility index (Phi) is 2.99. The van der Waals surface area contributed by atoms with Gasteiger partial charge in [-0.05, 0) is 43.6 Å². The van der Waals surface area contributed by atoms with Gasteiger partial charge in [0.25, 0.3) is 0 Å². The van der Waals surface area contributed by atoms with Crippen LogP contribution in [0.25, 0.3) is 11.0 Å². The van der Waals surface area contributed by atoms with Crippen molar-refractivity contribution in [2.75, 3.05) is 5.43 Å². The highest BCUT2D eigenvalue weighted by atomic mass is 35.5. The Morgan fingerprint density at radius 1 is 1.11 bits per heavy atom. The molecular formula is C15H15ClN2O. The van der Waals surface area contributed by atoms with Gasteiger partial charge in [0.05, 0.1) is 6.54 Å². The molecule has 0 aliphatic carbocycles. The van der Waals surface area contributed by atoms with Crippen LogP contribution in [-0.2, 0) is 6.54 Å². The number of nitrogens with one attached hydrogen (secondary N) is 1. The van der Waals surface area contributed by atoms with E-state index < -0.39 is 0 Å². The lowest BCUT2D eigenvalue weighted by molar-refractivity contribution is 0.612. The average Bonchev–Trinajstić information content (AvgIpc) is 2.88. The fourth-order valence-electron chi connectivity index (χ4n) is 2.31. The Morgan fingerprint density at radius 2 is 1.79 bits per heavy atom. The topological polar surface area (TPSA) is 30.1 Å². The van der Waals surface area contributed by atoms with Crippen LogP contribution in [0.2, 0.25) is 5.22 Å². The van der Waals surface area contributed by atoms with E-state index in [1.807, 2.05) is 24.3 Å². The number of hydrogen-bond donors (Lipinski definition) is 1. The minimum Gasteiger partial charge on any atom is -0.444 e. The summed E-state index contributed by atoms with van der Waals surface area (Å²) in [7, 11) is 0. The van der Waals surface area contributed by atoms with Crippen LogP contribution in [-0.4, -0.2) is 4.68 Å². The standard InChI is InChI=1S/C15H15ClN2O/c1-10-7-8-11(2)18(10)17-9-13-12-5-3-4-6-14(12)19-15(13)16/h3-8,17H,9H2,1-2H3. The molecule has 2 aromatic heterocycles. The molecule has 0 atom stereocenters. The Hall–Kier alpha value is -1.87. The molecule has 0 fully saturated rings. The van der Waals surface area contributed by atoms with Crippen molar-refractivity contribution in [3.05, 3.63) is 58.6 Å². The molecule has 0 saturated carbocycles. The Morgan fingerprint density at radius 3 is 2.53 bits per heavy atom. The summed E-state index contributed by atoms with van der Waals surface area (Å²) in [4.78, 5) is 0. The van der Waals surface area contributed by atoms with Crippen LogP contribution in [0, 0.1) is 13.8 Å². The van der Waals surface area contributed by atoms with Gasteiger partial charge in [-0.15, -0.1) is 0 Å². The lowest BCUT2D eigenvalue weighted by Crippen LogP contribution is -2.16. The fraction of sp³-hybridized carbons (Fsp3) is 0.200. The van der Waals surface area contributed by atoms with E-state index in [9.17, 15) is 0 Å². The zero-order chi connectivity index (χ0) is 13.4. The first-order valence-electron chi connectivity index (χ1n) is 6.21. The van der Waals surface area contributed by atoms with Gasteiger partial charge in [-0.25, -0.2) is 0 Å². The smallest absolute Gasteiger partial charge is 0.199 e. The van der Waals surface area contributed by atoms with Crippen LogP contribution in [0.1, 0.15) is 17.0 Å². The van der Waals surface area contributed by atoms with Gasteiger partial charge in [0.15, 0.2) is 5.22 Å². The summed E-state index contributed by atoms with van der Waals surface area (Å²) in [6.07, 6.45) is 0. The third kappa shape index (κ3) is 2.10. The number of rotatable bonds is 3. The van der Waals surface area contributed by atoms with Crippen molar-refractivity contribution in [1.29, 1.82) is 0 Å². The molecule has 4 heteroatoms. The first-order chi connectivity index (χ1) is 9.16. The van der Waals surface area contributed by atoms with E-state index in [0.717, 1.165) is 16.5 Å². The van der Waals surface area contributed by atoms with Crippen LogP contribution in [0.3, 0.4) is 0 Å². The summed E-state index contributed by atoms with van der Waals surface area (Å²) < 4.78 is 7.60. The maximum absolute atomic E-state index is 6.17. The largest absolute Gasteiger partial charge is 0.444 e. The predicted molar refractivity (Wildman–Crippen MR) is 78.2 cm³/mol. The lowest BCUT2D eigenvalue weighted by atomic mass is 10.2. The molecule has 1 aromatic carbocycles. The molecule has 3 nitrogen and oxygen atoms in total. The van der Waals surface area contributed by atoms with E-state index in [4.69, 9.17) is 16.0 Å². The van der Waals surface area contributed by atoms with Crippen molar-refractivity contribution in [1.82, 2.24) is 4.68 Å². The highest BCUT2D eigenvalue weighted by Crippen LogP contribution is 2.29. The maximum Gasteiger partial charge on any atom is 0.199 e.